The van der Waals surface area contributed by atoms with Crippen molar-refractivity contribution in [3.63, 3.8) is 0 Å². The summed E-state index contributed by atoms with van der Waals surface area (Å²) in [5.41, 5.74) is 15.3. The summed E-state index contributed by atoms with van der Waals surface area (Å²) in [6.07, 6.45) is 4.95. The minimum Gasteiger partial charge on any atom is -0.456 e. The molecule has 2 bridgehead atoms. The number of rotatable bonds is 5. The van der Waals surface area contributed by atoms with Crippen molar-refractivity contribution in [2.24, 2.45) is 23.7 Å². The lowest BCUT2D eigenvalue weighted by Crippen LogP contribution is -2.49. The molecule has 2 heterocycles. The second kappa shape index (κ2) is 14.2. The minimum atomic E-state index is -0.205. The molecule has 3 aliphatic carbocycles. The first-order chi connectivity index (χ1) is 30.4. The van der Waals surface area contributed by atoms with Crippen LogP contribution in [-0.2, 0) is 5.41 Å². The lowest BCUT2D eigenvalue weighted by atomic mass is 9.49. The fraction of sp³-hybridized carbons (Fsp3) is 0.193. The molecule has 12 rings (SSSR count). The van der Waals surface area contributed by atoms with Gasteiger partial charge in [0.15, 0.2) is 17.5 Å². The molecule has 3 aliphatic rings. The number of fused-ring (bicyclic) bond motifs is 11. The molecule has 62 heavy (non-hydrogen) atoms. The molecule has 0 amide bonds. The molecule has 2 saturated carbocycles. The van der Waals surface area contributed by atoms with Crippen molar-refractivity contribution >= 4 is 21.9 Å². The van der Waals surface area contributed by atoms with E-state index in [-0.39, 0.29) is 5.41 Å². The van der Waals surface area contributed by atoms with Crippen LogP contribution in [0.25, 0.3) is 89.5 Å². The van der Waals surface area contributed by atoms with E-state index in [1.165, 1.54) is 64.6 Å². The van der Waals surface area contributed by atoms with Crippen LogP contribution in [-0.4, -0.2) is 15.0 Å². The molecule has 0 aliphatic heterocycles. The van der Waals surface area contributed by atoms with Gasteiger partial charge in [-0.2, -0.15) is 5.26 Å². The minimum absolute atomic E-state index is 0.205. The van der Waals surface area contributed by atoms with E-state index in [4.69, 9.17) is 19.4 Å². The van der Waals surface area contributed by atoms with E-state index in [9.17, 15) is 5.26 Å². The van der Waals surface area contributed by atoms with E-state index >= 15 is 0 Å². The summed E-state index contributed by atoms with van der Waals surface area (Å²) >= 11 is 0. The van der Waals surface area contributed by atoms with Crippen molar-refractivity contribution in [2.75, 3.05) is 0 Å². The molecule has 0 N–H and O–H groups in total. The monoisotopic (exact) mass is 800 g/mol. The van der Waals surface area contributed by atoms with Gasteiger partial charge in [-0.05, 0) is 148 Å². The number of hydrogen-bond acceptors (Lipinski definition) is 5. The third kappa shape index (κ3) is 5.70. The third-order valence-electron chi connectivity index (χ3n) is 14.5. The van der Waals surface area contributed by atoms with Crippen LogP contribution in [0.15, 0.2) is 162 Å². The third-order valence-corrected chi connectivity index (χ3v) is 14.5. The van der Waals surface area contributed by atoms with Gasteiger partial charge in [-0.15, -0.1) is 0 Å². The average molecular weight is 801 g/mol. The summed E-state index contributed by atoms with van der Waals surface area (Å²) in [5.74, 6) is 4.25. The van der Waals surface area contributed by atoms with Crippen molar-refractivity contribution in [1.29, 1.82) is 5.26 Å². The fourth-order valence-electron chi connectivity index (χ4n) is 12.0. The van der Waals surface area contributed by atoms with Gasteiger partial charge in [0.1, 0.15) is 11.2 Å². The standard InChI is InChI=1S/C57H44N4O/c1-34-25-37-27-35(2)57(44(26-34)28-37)49-31-42(21-23-46(49)53-47(39-11-5-3-6-12-39)30-43(32-50(53)57)38-19-17-36(33-58)18-20-38)56-60-54(40-13-7-4-8-14-40)59-55(61-56)41-22-24-52-48(29-41)45-15-9-10-16-51(45)62-52/h3-24,29-32,34-35,37,44H,25-28H2,1-2H3. The van der Waals surface area contributed by atoms with E-state index in [2.05, 4.69) is 129 Å². The number of nitrogens with zero attached hydrogens (tertiary/aromatic N) is 4. The van der Waals surface area contributed by atoms with Gasteiger partial charge < -0.3 is 4.42 Å². The Bertz CT molecular complexity index is 3250. The lowest BCUT2D eigenvalue weighted by molar-refractivity contribution is 0.0426. The van der Waals surface area contributed by atoms with Gasteiger partial charge >= 0.3 is 0 Å². The van der Waals surface area contributed by atoms with Crippen LogP contribution in [0.2, 0.25) is 0 Å². The van der Waals surface area contributed by atoms with Crippen molar-refractivity contribution in [2.45, 2.75) is 44.9 Å². The maximum absolute atomic E-state index is 9.67. The Morgan fingerprint density at radius 1 is 0.516 bits per heavy atom. The quantitative estimate of drug-likeness (QED) is 0.173. The van der Waals surface area contributed by atoms with Crippen molar-refractivity contribution in [3.8, 4) is 73.6 Å². The zero-order valence-electron chi connectivity index (χ0n) is 34.8. The molecule has 2 aromatic heterocycles. The lowest BCUT2D eigenvalue weighted by Gasteiger charge is -2.54. The SMILES string of the molecule is CC1CC2CC(C)C3(c4cc(-c5nc(-c6ccccc6)nc(-c6ccc7oc8ccccc8c7c6)n5)ccc4-c4c(-c5ccccc5)cc(-c5ccc(C#N)cc5)cc43)C(C1)C2. The number of hydrogen-bond donors (Lipinski definition) is 0. The Morgan fingerprint density at radius 3 is 1.90 bits per heavy atom. The molecule has 0 radical (unpaired) electrons. The summed E-state index contributed by atoms with van der Waals surface area (Å²) in [6.45, 7) is 5.00. The van der Waals surface area contributed by atoms with Gasteiger partial charge in [-0.1, -0.05) is 117 Å². The molecule has 5 unspecified atom stereocenters. The highest BCUT2D eigenvalue weighted by Crippen LogP contribution is 2.66. The zero-order valence-corrected chi connectivity index (χ0v) is 34.8. The van der Waals surface area contributed by atoms with E-state index < -0.39 is 0 Å². The van der Waals surface area contributed by atoms with Gasteiger partial charge in [-0.3, -0.25) is 0 Å². The van der Waals surface area contributed by atoms with E-state index in [0.29, 0.717) is 40.8 Å². The highest BCUT2D eigenvalue weighted by atomic mass is 16.3. The number of para-hydroxylation sites is 1. The normalized spacial score (nSPS) is 21.2. The molecule has 7 aromatic carbocycles. The van der Waals surface area contributed by atoms with Crippen LogP contribution in [0.5, 0.6) is 0 Å². The number of benzene rings is 7. The highest BCUT2D eigenvalue weighted by molar-refractivity contribution is 6.06. The predicted octanol–water partition coefficient (Wildman–Crippen LogP) is 14.3. The summed E-state index contributed by atoms with van der Waals surface area (Å²) in [6, 6.07) is 58.0. The summed E-state index contributed by atoms with van der Waals surface area (Å²) in [4.78, 5) is 15.7. The molecule has 5 nitrogen and oxygen atoms in total. The second-order valence-corrected chi connectivity index (χ2v) is 18.1. The molecule has 5 heteroatoms. The van der Waals surface area contributed by atoms with Crippen molar-refractivity contribution in [1.82, 2.24) is 15.0 Å². The van der Waals surface area contributed by atoms with Crippen LogP contribution in [0.1, 0.15) is 56.2 Å². The fourth-order valence-corrected chi connectivity index (χ4v) is 12.0. The molecule has 1 spiro atoms. The Morgan fingerprint density at radius 2 is 1.15 bits per heavy atom. The Kier molecular flexibility index (Phi) is 8.41. The van der Waals surface area contributed by atoms with Gasteiger partial charge in [0, 0.05) is 32.9 Å². The van der Waals surface area contributed by atoms with Crippen molar-refractivity contribution < 1.29 is 4.42 Å². The summed E-state index contributed by atoms with van der Waals surface area (Å²) in [5, 5.41) is 11.8. The summed E-state index contributed by atoms with van der Waals surface area (Å²) < 4.78 is 6.21. The largest absolute Gasteiger partial charge is 0.456 e. The van der Waals surface area contributed by atoms with Crippen LogP contribution in [0.3, 0.4) is 0 Å². The highest BCUT2D eigenvalue weighted by Gasteiger charge is 2.57. The first kappa shape index (κ1) is 36.7. The van der Waals surface area contributed by atoms with Crippen LogP contribution in [0, 0.1) is 35.0 Å². The first-order valence-corrected chi connectivity index (χ1v) is 22.1. The smallest absolute Gasteiger partial charge is 0.164 e. The predicted molar refractivity (Wildman–Crippen MR) is 249 cm³/mol. The van der Waals surface area contributed by atoms with Crippen LogP contribution in [0.4, 0.5) is 0 Å². The molecule has 9 aromatic rings. The number of aromatic nitrogens is 3. The first-order valence-electron chi connectivity index (χ1n) is 22.1. The van der Waals surface area contributed by atoms with Crippen molar-refractivity contribution in [3.05, 3.63) is 174 Å². The van der Waals surface area contributed by atoms with Gasteiger partial charge in [0.25, 0.3) is 0 Å². The molecule has 298 valence electrons. The molecule has 0 saturated heterocycles. The van der Waals surface area contributed by atoms with E-state index in [1.807, 2.05) is 48.5 Å². The number of nitriles is 1. The Hall–Kier alpha value is -7.16. The summed E-state index contributed by atoms with van der Waals surface area (Å²) in [7, 11) is 0. The topological polar surface area (TPSA) is 75.6 Å². The Labute approximate surface area is 361 Å². The van der Waals surface area contributed by atoms with Gasteiger partial charge in [0.05, 0.1) is 11.6 Å². The molecule has 5 atom stereocenters. The van der Waals surface area contributed by atoms with Gasteiger partial charge in [0.2, 0.25) is 0 Å². The van der Waals surface area contributed by atoms with Crippen LogP contribution < -0.4 is 0 Å². The maximum Gasteiger partial charge on any atom is 0.164 e. The second-order valence-electron chi connectivity index (χ2n) is 18.1. The average Bonchev–Trinajstić information content (AvgIpc) is 3.84. The number of furan rings is 1. The Balaban J connectivity index is 1.10. The zero-order chi connectivity index (χ0) is 41.5. The molecular formula is C57H44N4O. The van der Waals surface area contributed by atoms with Gasteiger partial charge in [-0.25, -0.2) is 15.0 Å². The molecule has 2 fully saturated rings. The van der Waals surface area contributed by atoms with E-state index in [1.54, 1.807) is 0 Å². The van der Waals surface area contributed by atoms with E-state index in [0.717, 1.165) is 50.1 Å². The van der Waals surface area contributed by atoms with Crippen LogP contribution >= 0.6 is 0 Å². The maximum atomic E-state index is 9.67. The molecular weight excluding hydrogens is 757 g/mol.